The first-order chi connectivity index (χ1) is 8.56. The second kappa shape index (κ2) is 6.88. The van der Waals surface area contributed by atoms with Crippen LogP contribution in [0, 0.1) is 0 Å². The number of hydrogen-bond acceptors (Lipinski definition) is 4. The van der Waals surface area contributed by atoms with E-state index in [2.05, 4.69) is 0 Å². The van der Waals surface area contributed by atoms with Crippen LogP contribution in [0.15, 0.2) is 24.3 Å². The van der Waals surface area contributed by atoms with Crippen molar-refractivity contribution in [3.8, 4) is 0 Å². The van der Waals surface area contributed by atoms with E-state index in [1.165, 1.54) is 24.3 Å². The molecule has 0 aromatic heterocycles. The molecule has 5 heteroatoms. The molecule has 0 spiro atoms. The molecule has 0 amide bonds. The Morgan fingerprint density at radius 2 is 1.89 bits per heavy atom. The van der Waals surface area contributed by atoms with Gasteiger partial charge in [0.1, 0.15) is 6.61 Å². The van der Waals surface area contributed by atoms with Crippen LogP contribution in [0.1, 0.15) is 35.4 Å². The molecular weight excluding hydrogens is 236 g/mol. The van der Waals surface area contributed by atoms with Crippen LogP contribution >= 0.6 is 0 Å². The van der Waals surface area contributed by atoms with Crippen molar-refractivity contribution in [2.75, 3.05) is 13.2 Å². The summed E-state index contributed by atoms with van der Waals surface area (Å²) >= 11 is 0. The molecule has 0 fully saturated rings. The molecule has 1 unspecified atom stereocenters. The summed E-state index contributed by atoms with van der Waals surface area (Å²) in [4.78, 5) is 22.2. The molecule has 5 nitrogen and oxygen atoms in total. The van der Waals surface area contributed by atoms with Crippen LogP contribution < -0.4 is 0 Å². The summed E-state index contributed by atoms with van der Waals surface area (Å²) in [6.45, 7) is 2.49. The smallest absolute Gasteiger partial charge is 0.337 e. The Hall–Kier alpha value is -1.72. The Morgan fingerprint density at radius 3 is 2.39 bits per heavy atom. The summed E-state index contributed by atoms with van der Waals surface area (Å²) in [5.41, 5.74) is 0.681. The van der Waals surface area contributed by atoms with Gasteiger partial charge in [-0.2, -0.15) is 0 Å². The van der Waals surface area contributed by atoms with Gasteiger partial charge in [-0.15, -0.1) is 0 Å². The summed E-state index contributed by atoms with van der Waals surface area (Å²) in [7, 11) is 0. The summed E-state index contributed by atoms with van der Waals surface area (Å²) in [6, 6.07) is 5.82. The topological polar surface area (TPSA) is 83.8 Å². The second-order valence-corrected chi connectivity index (χ2v) is 3.84. The number of hydrogen-bond donors (Lipinski definition) is 2. The van der Waals surface area contributed by atoms with E-state index in [1.807, 2.05) is 6.92 Å². The fraction of sp³-hybridized carbons (Fsp3) is 0.385. The minimum Gasteiger partial charge on any atom is -0.479 e. The Labute approximate surface area is 105 Å². The van der Waals surface area contributed by atoms with Crippen LogP contribution in [-0.2, 0) is 9.53 Å². The number of carbonyl (C=O) groups is 2. The molecule has 0 heterocycles. The number of benzene rings is 1. The van der Waals surface area contributed by atoms with Crippen molar-refractivity contribution in [1.29, 1.82) is 0 Å². The maximum Gasteiger partial charge on any atom is 0.337 e. The summed E-state index contributed by atoms with van der Waals surface area (Å²) in [5, 5.41) is 17.9. The molecule has 0 saturated heterocycles. The number of carboxylic acid groups (broad SMARTS) is 1. The minimum atomic E-state index is -1.56. The van der Waals surface area contributed by atoms with Gasteiger partial charge >= 0.3 is 5.97 Å². The van der Waals surface area contributed by atoms with Crippen LogP contribution in [0.25, 0.3) is 0 Å². The zero-order chi connectivity index (χ0) is 13.5. The maximum atomic E-state index is 11.6. The zero-order valence-electron chi connectivity index (χ0n) is 10.1. The van der Waals surface area contributed by atoms with Crippen molar-refractivity contribution in [3.05, 3.63) is 35.4 Å². The molecule has 0 bridgehead atoms. The monoisotopic (exact) mass is 252 g/mol. The average molecular weight is 252 g/mol. The third kappa shape index (κ3) is 3.94. The molecule has 98 valence electrons. The Balaban J connectivity index is 2.65. The molecule has 0 radical (unpaired) electrons. The van der Waals surface area contributed by atoms with Crippen LogP contribution in [0.3, 0.4) is 0 Å². The van der Waals surface area contributed by atoms with E-state index in [-0.39, 0.29) is 18.0 Å². The SMILES string of the molecule is CCCOCC(=O)c1ccc(C(O)C(=O)O)cc1. The highest BCUT2D eigenvalue weighted by Gasteiger charge is 2.16. The van der Waals surface area contributed by atoms with Crippen LogP contribution in [0.4, 0.5) is 0 Å². The van der Waals surface area contributed by atoms with E-state index in [1.54, 1.807) is 0 Å². The zero-order valence-corrected chi connectivity index (χ0v) is 10.1. The number of aliphatic hydroxyl groups is 1. The molecule has 1 aromatic rings. The highest BCUT2D eigenvalue weighted by molar-refractivity contribution is 5.97. The first-order valence-corrected chi connectivity index (χ1v) is 5.68. The quantitative estimate of drug-likeness (QED) is 0.566. The number of ether oxygens (including phenoxy) is 1. The van der Waals surface area contributed by atoms with Gasteiger partial charge in [-0.05, 0) is 12.0 Å². The lowest BCUT2D eigenvalue weighted by Crippen LogP contribution is -2.12. The van der Waals surface area contributed by atoms with Gasteiger partial charge in [0.2, 0.25) is 0 Å². The summed E-state index contributed by atoms with van der Waals surface area (Å²) in [6.07, 6.45) is -0.720. The lowest BCUT2D eigenvalue weighted by atomic mass is 10.1. The van der Waals surface area contributed by atoms with Gasteiger partial charge in [-0.1, -0.05) is 31.2 Å². The fourth-order valence-electron chi connectivity index (χ4n) is 1.39. The predicted octanol–water partition coefficient (Wildman–Crippen LogP) is 1.41. The fourth-order valence-corrected chi connectivity index (χ4v) is 1.39. The lowest BCUT2D eigenvalue weighted by molar-refractivity contribution is -0.146. The van der Waals surface area contributed by atoms with Gasteiger partial charge in [-0.25, -0.2) is 4.79 Å². The molecule has 1 atom stereocenters. The number of rotatable bonds is 7. The van der Waals surface area contributed by atoms with Crippen molar-refractivity contribution < 1.29 is 24.5 Å². The van der Waals surface area contributed by atoms with E-state index in [0.29, 0.717) is 12.2 Å². The third-order valence-electron chi connectivity index (χ3n) is 2.36. The molecule has 2 N–H and O–H groups in total. The molecule has 0 aliphatic rings. The number of Topliss-reactive ketones (excluding diaryl/α,β-unsaturated/α-hetero) is 1. The number of carbonyl (C=O) groups excluding carboxylic acids is 1. The number of carboxylic acids is 1. The summed E-state index contributed by atoms with van der Waals surface area (Å²) < 4.78 is 5.12. The first-order valence-electron chi connectivity index (χ1n) is 5.68. The van der Waals surface area contributed by atoms with Crippen LogP contribution in [0.2, 0.25) is 0 Å². The molecule has 1 rings (SSSR count). The van der Waals surface area contributed by atoms with Crippen LogP contribution in [-0.4, -0.2) is 35.2 Å². The Morgan fingerprint density at radius 1 is 1.28 bits per heavy atom. The number of aliphatic carboxylic acids is 1. The van der Waals surface area contributed by atoms with Gasteiger partial charge in [0.15, 0.2) is 11.9 Å². The largest absolute Gasteiger partial charge is 0.479 e. The van der Waals surface area contributed by atoms with Crippen molar-refractivity contribution in [3.63, 3.8) is 0 Å². The molecule has 0 aliphatic carbocycles. The van der Waals surface area contributed by atoms with Crippen molar-refractivity contribution in [1.82, 2.24) is 0 Å². The van der Waals surface area contributed by atoms with Crippen molar-refractivity contribution in [2.24, 2.45) is 0 Å². The van der Waals surface area contributed by atoms with E-state index in [4.69, 9.17) is 9.84 Å². The van der Waals surface area contributed by atoms with Crippen molar-refractivity contribution >= 4 is 11.8 Å². The van der Waals surface area contributed by atoms with E-state index in [0.717, 1.165) is 6.42 Å². The van der Waals surface area contributed by atoms with Gasteiger partial charge in [0.05, 0.1) is 0 Å². The molecular formula is C13H16O5. The molecule has 1 aromatic carbocycles. The van der Waals surface area contributed by atoms with Gasteiger partial charge < -0.3 is 14.9 Å². The third-order valence-corrected chi connectivity index (χ3v) is 2.36. The van der Waals surface area contributed by atoms with E-state index in [9.17, 15) is 14.7 Å². The molecule has 0 saturated carbocycles. The first kappa shape index (κ1) is 14.3. The van der Waals surface area contributed by atoms with E-state index < -0.39 is 12.1 Å². The summed E-state index contributed by atoms with van der Waals surface area (Å²) in [5.74, 6) is -1.49. The lowest BCUT2D eigenvalue weighted by Gasteiger charge is -2.07. The van der Waals surface area contributed by atoms with Crippen LogP contribution in [0.5, 0.6) is 0 Å². The number of aliphatic hydroxyl groups excluding tert-OH is 1. The van der Waals surface area contributed by atoms with E-state index >= 15 is 0 Å². The van der Waals surface area contributed by atoms with Crippen molar-refractivity contribution in [2.45, 2.75) is 19.4 Å². The number of ketones is 1. The van der Waals surface area contributed by atoms with Gasteiger partial charge in [0.25, 0.3) is 0 Å². The maximum absolute atomic E-state index is 11.6. The Kier molecular flexibility index (Phi) is 5.48. The minimum absolute atomic E-state index is 0.00860. The second-order valence-electron chi connectivity index (χ2n) is 3.84. The average Bonchev–Trinajstić information content (AvgIpc) is 2.38. The predicted molar refractivity (Wildman–Crippen MR) is 64.5 cm³/mol. The highest BCUT2D eigenvalue weighted by Crippen LogP contribution is 2.14. The van der Waals surface area contributed by atoms with Gasteiger partial charge in [0, 0.05) is 12.2 Å². The highest BCUT2D eigenvalue weighted by atomic mass is 16.5. The normalized spacial score (nSPS) is 12.1. The molecule has 0 aliphatic heterocycles. The Bertz CT molecular complexity index is 410. The van der Waals surface area contributed by atoms with Gasteiger partial charge in [-0.3, -0.25) is 4.79 Å². The molecule has 18 heavy (non-hydrogen) atoms. The standard InChI is InChI=1S/C13H16O5/c1-2-7-18-8-11(14)9-3-5-10(6-4-9)12(15)13(16)17/h3-6,12,15H,2,7-8H2,1H3,(H,16,17).